The minimum Gasteiger partial charge on any atom is -0.339 e. The summed E-state index contributed by atoms with van der Waals surface area (Å²) in [6.07, 6.45) is 12.2. The Kier molecular flexibility index (Phi) is 3.84. The van der Waals surface area contributed by atoms with Gasteiger partial charge in [0.25, 0.3) is 0 Å². The lowest BCUT2D eigenvalue weighted by molar-refractivity contribution is -0.148. The first-order valence-corrected chi connectivity index (χ1v) is 8.28. The molecule has 108 valence electrons. The minimum atomic E-state index is -0.195. The van der Waals surface area contributed by atoms with E-state index in [9.17, 15) is 4.79 Å². The van der Waals surface area contributed by atoms with E-state index in [0.717, 1.165) is 25.3 Å². The van der Waals surface area contributed by atoms with Gasteiger partial charge in [-0.15, -0.1) is 0 Å². The standard InChI is InChI=1S/C16H28N2O/c17-12-16(9-3-4-10-16)15(19)18-11-5-7-13-6-1-2-8-14(13)18/h13-14H,1-12,17H2/t13-,14-/m1/s1. The van der Waals surface area contributed by atoms with Crippen molar-refractivity contribution in [3.8, 4) is 0 Å². The van der Waals surface area contributed by atoms with Gasteiger partial charge in [0.1, 0.15) is 0 Å². The van der Waals surface area contributed by atoms with Crippen molar-refractivity contribution < 1.29 is 4.79 Å². The quantitative estimate of drug-likeness (QED) is 0.833. The molecule has 3 aliphatic rings. The molecule has 3 fully saturated rings. The highest BCUT2D eigenvalue weighted by molar-refractivity contribution is 5.83. The maximum absolute atomic E-state index is 13.1. The third-order valence-electron chi connectivity index (χ3n) is 5.91. The molecule has 2 atom stereocenters. The Hall–Kier alpha value is -0.570. The number of fused-ring (bicyclic) bond motifs is 1. The highest BCUT2D eigenvalue weighted by Crippen LogP contribution is 2.42. The van der Waals surface area contributed by atoms with Gasteiger partial charge >= 0.3 is 0 Å². The lowest BCUT2D eigenvalue weighted by Gasteiger charge is -2.47. The van der Waals surface area contributed by atoms with Crippen molar-refractivity contribution in [2.24, 2.45) is 17.1 Å². The monoisotopic (exact) mass is 264 g/mol. The fraction of sp³-hybridized carbons (Fsp3) is 0.938. The van der Waals surface area contributed by atoms with Crippen molar-refractivity contribution in [3.05, 3.63) is 0 Å². The van der Waals surface area contributed by atoms with Crippen LogP contribution in [0.3, 0.4) is 0 Å². The van der Waals surface area contributed by atoms with Crippen LogP contribution in [-0.2, 0) is 4.79 Å². The summed E-state index contributed by atoms with van der Waals surface area (Å²) in [7, 11) is 0. The van der Waals surface area contributed by atoms with E-state index in [4.69, 9.17) is 5.73 Å². The Labute approximate surface area is 116 Å². The molecule has 2 aliphatic carbocycles. The van der Waals surface area contributed by atoms with E-state index in [1.54, 1.807) is 0 Å². The molecule has 0 aromatic rings. The number of piperidine rings is 1. The maximum Gasteiger partial charge on any atom is 0.230 e. The average Bonchev–Trinajstić information content (AvgIpc) is 2.96. The van der Waals surface area contributed by atoms with Crippen LogP contribution in [0.15, 0.2) is 0 Å². The fourth-order valence-corrected chi connectivity index (χ4v) is 4.74. The molecule has 3 rings (SSSR count). The van der Waals surface area contributed by atoms with Gasteiger partial charge in [-0.3, -0.25) is 4.79 Å². The van der Waals surface area contributed by atoms with Gasteiger partial charge < -0.3 is 10.6 Å². The van der Waals surface area contributed by atoms with E-state index in [0.29, 0.717) is 18.5 Å². The lowest BCUT2D eigenvalue weighted by Crippen LogP contribution is -2.55. The fourth-order valence-electron chi connectivity index (χ4n) is 4.74. The Morgan fingerprint density at radius 3 is 2.47 bits per heavy atom. The molecule has 1 heterocycles. The van der Waals surface area contributed by atoms with Crippen molar-refractivity contribution in [2.45, 2.75) is 70.3 Å². The smallest absolute Gasteiger partial charge is 0.230 e. The van der Waals surface area contributed by atoms with E-state index in [1.165, 1.54) is 51.4 Å². The summed E-state index contributed by atoms with van der Waals surface area (Å²) in [4.78, 5) is 15.3. The lowest BCUT2D eigenvalue weighted by atomic mass is 9.76. The van der Waals surface area contributed by atoms with Crippen LogP contribution < -0.4 is 5.73 Å². The van der Waals surface area contributed by atoms with Gasteiger partial charge in [0, 0.05) is 19.1 Å². The molecule has 2 saturated carbocycles. The van der Waals surface area contributed by atoms with Gasteiger partial charge in [-0.2, -0.15) is 0 Å². The molecule has 2 N–H and O–H groups in total. The summed E-state index contributed by atoms with van der Waals surface area (Å²) >= 11 is 0. The number of nitrogens with zero attached hydrogens (tertiary/aromatic N) is 1. The van der Waals surface area contributed by atoms with Gasteiger partial charge in [0.15, 0.2) is 0 Å². The zero-order valence-corrected chi connectivity index (χ0v) is 12.1. The molecule has 0 aromatic heterocycles. The molecular formula is C16H28N2O. The largest absolute Gasteiger partial charge is 0.339 e. The van der Waals surface area contributed by atoms with Crippen LogP contribution in [0, 0.1) is 11.3 Å². The molecule has 1 aliphatic heterocycles. The topological polar surface area (TPSA) is 46.3 Å². The van der Waals surface area contributed by atoms with Crippen LogP contribution in [0.4, 0.5) is 0 Å². The summed E-state index contributed by atoms with van der Waals surface area (Å²) in [5.74, 6) is 1.19. The third kappa shape index (κ3) is 2.31. The maximum atomic E-state index is 13.1. The summed E-state index contributed by atoms with van der Waals surface area (Å²) < 4.78 is 0. The Morgan fingerprint density at radius 2 is 1.74 bits per heavy atom. The van der Waals surface area contributed by atoms with Gasteiger partial charge in [0.2, 0.25) is 5.91 Å². The van der Waals surface area contributed by atoms with E-state index in [1.807, 2.05) is 0 Å². The number of hydrogen-bond acceptors (Lipinski definition) is 2. The molecule has 1 amide bonds. The molecule has 0 spiro atoms. The Bertz CT molecular complexity index is 334. The summed E-state index contributed by atoms with van der Waals surface area (Å²) in [5.41, 5.74) is 5.80. The molecule has 1 saturated heterocycles. The second kappa shape index (κ2) is 5.43. The first kappa shape index (κ1) is 13.4. The van der Waals surface area contributed by atoms with E-state index in [2.05, 4.69) is 4.90 Å². The third-order valence-corrected chi connectivity index (χ3v) is 5.91. The van der Waals surface area contributed by atoms with Crippen LogP contribution in [0.2, 0.25) is 0 Å². The highest BCUT2D eigenvalue weighted by atomic mass is 16.2. The zero-order chi connectivity index (χ0) is 13.3. The second-order valence-electron chi connectivity index (χ2n) is 6.94. The van der Waals surface area contributed by atoms with Gasteiger partial charge in [-0.25, -0.2) is 0 Å². The second-order valence-corrected chi connectivity index (χ2v) is 6.94. The zero-order valence-electron chi connectivity index (χ0n) is 12.1. The molecule has 19 heavy (non-hydrogen) atoms. The van der Waals surface area contributed by atoms with Crippen molar-refractivity contribution in [1.82, 2.24) is 4.90 Å². The number of carbonyl (C=O) groups excluding carboxylic acids is 1. The SMILES string of the molecule is NCC1(C(=O)N2CCC[C@H]3CCCC[C@H]32)CCCC1. The Balaban J connectivity index is 1.77. The number of likely N-dealkylation sites (tertiary alicyclic amines) is 1. The van der Waals surface area contributed by atoms with Crippen LogP contribution in [0.1, 0.15) is 64.2 Å². The van der Waals surface area contributed by atoms with Crippen LogP contribution >= 0.6 is 0 Å². The molecule has 0 unspecified atom stereocenters. The van der Waals surface area contributed by atoms with E-state index in [-0.39, 0.29) is 5.41 Å². The summed E-state index contributed by atoms with van der Waals surface area (Å²) in [5, 5.41) is 0. The first-order valence-electron chi connectivity index (χ1n) is 8.28. The predicted molar refractivity (Wildman–Crippen MR) is 76.6 cm³/mol. The predicted octanol–water partition coefficient (Wildman–Crippen LogP) is 2.69. The highest BCUT2D eigenvalue weighted by Gasteiger charge is 2.46. The number of nitrogens with two attached hydrogens (primary N) is 1. The Morgan fingerprint density at radius 1 is 1.05 bits per heavy atom. The van der Waals surface area contributed by atoms with Crippen molar-refractivity contribution in [1.29, 1.82) is 0 Å². The number of rotatable bonds is 2. The van der Waals surface area contributed by atoms with Gasteiger partial charge in [-0.05, 0) is 44.4 Å². The van der Waals surface area contributed by atoms with Crippen molar-refractivity contribution in [3.63, 3.8) is 0 Å². The molecule has 0 aromatic carbocycles. The first-order chi connectivity index (χ1) is 9.27. The molecule has 3 nitrogen and oxygen atoms in total. The number of hydrogen-bond donors (Lipinski definition) is 1. The van der Waals surface area contributed by atoms with Gasteiger partial charge in [-0.1, -0.05) is 25.7 Å². The molecule has 3 heteroatoms. The van der Waals surface area contributed by atoms with Gasteiger partial charge in [0.05, 0.1) is 5.41 Å². The molecule has 0 bridgehead atoms. The van der Waals surface area contributed by atoms with E-state index >= 15 is 0 Å². The van der Waals surface area contributed by atoms with E-state index < -0.39 is 0 Å². The number of carbonyl (C=O) groups is 1. The summed E-state index contributed by atoms with van der Waals surface area (Å²) in [6.45, 7) is 1.54. The molecular weight excluding hydrogens is 236 g/mol. The van der Waals surface area contributed by atoms with Crippen LogP contribution in [-0.4, -0.2) is 29.9 Å². The normalized spacial score (nSPS) is 34.1. The van der Waals surface area contributed by atoms with Crippen LogP contribution in [0.5, 0.6) is 0 Å². The van der Waals surface area contributed by atoms with Crippen molar-refractivity contribution in [2.75, 3.05) is 13.1 Å². The van der Waals surface area contributed by atoms with Crippen LogP contribution in [0.25, 0.3) is 0 Å². The summed E-state index contributed by atoms with van der Waals surface area (Å²) in [6, 6.07) is 0.541. The van der Waals surface area contributed by atoms with Crippen molar-refractivity contribution >= 4 is 5.91 Å². The average molecular weight is 264 g/mol. The minimum absolute atomic E-state index is 0.195. The number of amides is 1. The molecule has 0 radical (unpaired) electrons.